The standard InChI is InChI=1S/C20H22O5/c1-20(2)18(23)10-13-17(25-20)8-5-11-4-7-16(24-19(11)13)12-3-6-14(21)15(22)9-12/h3,5-6,8-9,16,18,21-23H,4,7,10H2,1-2H3/t16-,18-/m0/s1. The summed E-state index contributed by atoms with van der Waals surface area (Å²) in [6.45, 7) is 3.76. The van der Waals surface area contributed by atoms with Gasteiger partial charge in [-0.25, -0.2) is 0 Å². The van der Waals surface area contributed by atoms with Gasteiger partial charge in [0.1, 0.15) is 23.2 Å². The Morgan fingerprint density at radius 1 is 1.08 bits per heavy atom. The Labute approximate surface area is 146 Å². The molecular weight excluding hydrogens is 320 g/mol. The lowest BCUT2D eigenvalue weighted by Crippen LogP contribution is -2.46. The van der Waals surface area contributed by atoms with Crippen LogP contribution < -0.4 is 9.47 Å². The molecule has 0 unspecified atom stereocenters. The van der Waals surface area contributed by atoms with Gasteiger partial charge in [-0.2, -0.15) is 0 Å². The summed E-state index contributed by atoms with van der Waals surface area (Å²) in [5.74, 6) is 1.23. The predicted octanol–water partition coefficient (Wildman–Crippen LogP) is 3.24. The fraction of sp³-hybridized carbons (Fsp3) is 0.400. The lowest BCUT2D eigenvalue weighted by molar-refractivity contribution is -0.0423. The molecule has 0 fully saturated rings. The molecule has 0 radical (unpaired) electrons. The van der Waals surface area contributed by atoms with Gasteiger partial charge in [-0.15, -0.1) is 0 Å². The number of benzene rings is 2. The summed E-state index contributed by atoms with van der Waals surface area (Å²) in [4.78, 5) is 0. The largest absolute Gasteiger partial charge is 0.504 e. The molecule has 2 aromatic carbocycles. The van der Waals surface area contributed by atoms with Gasteiger partial charge in [-0.05, 0) is 56.0 Å². The fourth-order valence-corrected chi connectivity index (χ4v) is 3.54. The van der Waals surface area contributed by atoms with Crippen molar-refractivity contribution in [3.63, 3.8) is 0 Å². The SMILES string of the molecule is CC1(C)Oc2ccc3c(c2C[C@@H]1O)O[C@H](c1ccc(O)c(O)c1)CC3. The number of aryl methyl sites for hydroxylation is 1. The summed E-state index contributed by atoms with van der Waals surface area (Å²) in [5.41, 5.74) is 2.19. The van der Waals surface area contributed by atoms with E-state index in [4.69, 9.17) is 9.47 Å². The maximum atomic E-state index is 10.4. The lowest BCUT2D eigenvalue weighted by Gasteiger charge is -2.39. The minimum atomic E-state index is -0.627. The lowest BCUT2D eigenvalue weighted by atomic mass is 9.87. The molecule has 2 heterocycles. The second-order valence-corrected chi connectivity index (χ2v) is 7.35. The smallest absolute Gasteiger partial charge is 0.157 e. The van der Waals surface area contributed by atoms with Crippen molar-refractivity contribution in [3.8, 4) is 23.0 Å². The van der Waals surface area contributed by atoms with Crippen LogP contribution in [-0.2, 0) is 12.8 Å². The summed E-state index contributed by atoms with van der Waals surface area (Å²) in [7, 11) is 0. The van der Waals surface area contributed by atoms with Gasteiger partial charge in [0.25, 0.3) is 0 Å². The molecule has 2 aliphatic rings. The number of rotatable bonds is 1. The van der Waals surface area contributed by atoms with Gasteiger partial charge < -0.3 is 24.8 Å². The highest BCUT2D eigenvalue weighted by Crippen LogP contribution is 2.45. The Morgan fingerprint density at radius 3 is 2.64 bits per heavy atom. The van der Waals surface area contributed by atoms with Crippen molar-refractivity contribution in [2.45, 2.75) is 50.9 Å². The second kappa shape index (κ2) is 5.56. The second-order valence-electron chi connectivity index (χ2n) is 7.35. The Hall–Kier alpha value is -2.40. The molecule has 5 heteroatoms. The molecule has 0 amide bonds. The van der Waals surface area contributed by atoms with Gasteiger partial charge in [0, 0.05) is 12.0 Å². The van der Waals surface area contributed by atoms with Crippen LogP contribution in [0.4, 0.5) is 0 Å². The van der Waals surface area contributed by atoms with E-state index < -0.39 is 11.7 Å². The van der Waals surface area contributed by atoms with E-state index in [1.54, 1.807) is 6.07 Å². The molecule has 0 aliphatic carbocycles. The Balaban J connectivity index is 1.70. The summed E-state index contributed by atoms with van der Waals surface area (Å²) in [6, 6.07) is 8.74. The maximum Gasteiger partial charge on any atom is 0.157 e. The van der Waals surface area contributed by atoms with Crippen LogP contribution in [0.5, 0.6) is 23.0 Å². The molecule has 0 bridgehead atoms. The molecule has 0 spiro atoms. The van der Waals surface area contributed by atoms with E-state index in [2.05, 4.69) is 0 Å². The Morgan fingerprint density at radius 2 is 1.88 bits per heavy atom. The summed E-state index contributed by atoms with van der Waals surface area (Å²) < 4.78 is 12.2. The third-order valence-corrected chi connectivity index (χ3v) is 5.18. The summed E-state index contributed by atoms with van der Waals surface area (Å²) >= 11 is 0. The van der Waals surface area contributed by atoms with Gasteiger partial charge in [0.15, 0.2) is 11.5 Å². The van der Waals surface area contributed by atoms with Crippen molar-refractivity contribution in [1.82, 2.24) is 0 Å². The number of aromatic hydroxyl groups is 2. The summed E-state index contributed by atoms with van der Waals surface area (Å²) in [6.07, 6.45) is 1.30. The molecular formula is C20H22O5. The molecule has 0 saturated carbocycles. The van der Waals surface area contributed by atoms with Crippen LogP contribution >= 0.6 is 0 Å². The first-order chi connectivity index (χ1) is 11.8. The van der Waals surface area contributed by atoms with E-state index in [1.165, 1.54) is 12.1 Å². The van der Waals surface area contributed by atoms with Gasteiger partial charge in [-0.3, -0.25) is 0 Å². The van der Waals surface area contributed by atoms with Crippen LogP contribution in [0.1, 0.15) is 43.1 Å². The van der Waals surface area contributed by atoms with Crippen molar-refractivity contribution < 1.29 is 24.8 Å². The van der Waals surface area contributed by atoms with Crippen molar-refractivity contribution in [1.29, 1.82) is 0 Å². The van der Waals surface area contributed by atoms with E-state index in [0.29, 0.717) is 6.42 Å². The number of phenolic OH excluding ortho intramolecular Hbond substituents is 2. The molecule has 2 atom stereocenters. The van der Waals surface area contributed by atoms with Gasteiger partial charge in [0.2, 0.25) is 0 Å². The Kier molecular flexibility index (Phi) is 3.58. The van der Waals surface area contributed by atoms with Gasteiger partial charge in [-0.1, -0.05) is 12.1 Å². The maximum absolute atomic E-state index is 10.4. The molecule has 5 nitrogen and oxygen atoms in total. The van der Waals surface area contributed by atoms with E-state index >= 15 is 0 Å². The van der Waals surface area contributed by atoms with E-state index in [-0.39, 0.29) is 17.6 Å². The number of ether oxygens (including phenoxy) is 2. The van der Waals surface area contributed by atoms with E-state index in [0.717, 1.165) is 41.0 Å². The Bertz CT molecular complexity index is 827. The number of phenols is 2. The van der Waals surface area contributed by atoms with Crippen LogP contribution in [0, 0.1) is 0 Å². The molecule has 3 N–H and O–H groups in total. The first kappa shape index (κ1) is 16.1. The predicted molar refractivity (Wildman–Crippen MR) is 92.3 cm³/mol. The van der Waals surface area contributed by atoms with Gasteiger partial charge >= 0.3 is 0 Å². The van der Waals surface area contributed by atoms with Crippen molar-refractivity contribution in [2.75, 3.05) is 0 Å². The zero-order valence-corrected chi connectivity index (χ0v) is 14.3. The molecule has 0 saturated heterocycles. The zero-order chi connectivity index (χ0) is 17.8. The van der Waals surface area contributed by atoms with Crippen molar-refractivity contribution in [2.24, 2.45) is 0 Å². The van der Waals surface area contributed by atoms with Crippen LogP contribution in [0.25, 0.3) is 0 Å². The number of aliphatic hydroxyl groups excluding tert-OH is 1. The first-order valence-electron chi connectivity index (χ1n) is 8.55. The number of hydrogen-bond donors (Lipinski definition) is 3. The average Bonchev–Trinajstić information content (AvgIpc) is 2.58. The van der Waals surface area contributed by atoms with Crippen molar-refractivity contribution >= 4 is 0 Å². The molecule has 132 valence electrons. The minimum absolute atomic E-state index is 0.143. The van der Waals surface area contributed by atoms with Crippen LogP contribution in [0.2, 0.25) is 0 Å². The van der Waals surface area contributed by atoms with E-state index in [1.807, 2.05) is 26.0 Å². The van der Waals surface area contributed by atoms with Gasteiger partial charge in [0.05, 0.1) is 6.10 Å². The fourth-order valence-electron chi connectivity index (χ4n) is 3.54. The normalized spacial score (nSPS) is 23.8. The minimum Gasteiger partial charge on any atom is -0.504 e. The third kappa shape index (κ3) is 2.68. The van der Waals surface area contributed by atoms with Crippen LogP contribution in [0.3, 0.4) is 0 Å². The molecule has 2 aliphatic heterocycles. The van der Waals surface area contributed by atoms with Crippen LogP contribution in [-0.4, -0.2) is 27.0 Å². The van der Waals surface area contributed by atoms with Crippen LogP contribution in [0.15, 0.2) is 30.3 Å². The molecule has 0 aromatic heterocycles. The topological polar surface area (TPSA) is 79.2 Å². The molecule has 25 heavy (non-hydrogen) atoms. The highest BCUT2D eigenvalue weighted by Gasteiger charge is 2.38. The average molecular weight is 342 g/mol. The molecule has 2 aromatic rings. The highest BCUT2D eigenvalue weighted by molar-refractivity contribution is 5.53. The summed E-state index contributed by atoms with van der Waals surface area (Å²) in [5, 5.41) is 29.6. The zero-order valence-electron chi connectivity index (χ0n) is 14.3. The number of fused-ring (bicyclic) bond motifs is 3. The number of hydrogen-bond acceptors (Lipinski definition) is 5. The first-order valence-corrected chi connectivity index (χ1v) is 8.55. The monoisotopic (exact) mass is 342 g/mol. The third-order valence-electron chi connectivity index (χ3n) is 5.18. The van der Waals surface area contributed by atoms with E-state index in [9.17, 15) is 15.3 Å². The quantitative estimate of drug-likeness (QED) is 0.694. The number of aliphatic hydroxyl groups is 1. The molecule has 4 rings (SSSR count). The van der Waals surface area contributed by atoms with Crippen molar-refractivity contribution in [3.05, 3.63) is 47.0 Å². The highest BCUT2D eigenvalue weighted by atomic mass is 16.5.